The molecule has 1 aliphatic rings. The van der Waals surface area contributed by atoms with Crippen molar-refractivity contribution < 1.29 is 38.5 Å². The Hall–Kier alpha value is -5.40. The molecule has 244 valence electrons. The van der Waals surface area contributed by atoms with Crippen LogP contribution in [-0.4, -0.2) is 51.1 Å². The van der Waals surface area contributed by atoms with Crippen LogP contribution in [0, 0.1) is 12.7 Å². The maximum Gasteiger partial charge on any atom is 0.337 e. The first kappa shape index (κ1) is 33.9. The van der Waals surface area contributed by atoms with Crippen molar-refractivity contribution in [1.29, 1.82) is 0 Å². The molecule has 1 saturated heterocycles. The van der Waals surface area contributed by atoms with E-state index < -0.39 is 41.2 Å². The van der Waals surface area contributed by atoms with Gasteiger partial charge in [0.05, 0.1) is 24.3 Å². The maximum atomic E-state index is 14.4. The molecule has 10 nitrogen and oxygen atoms in total. The summed E-state index contributed by atoms with van der Waals surface area (Å²) in [6.45, 7) is 2.66. The maximum absolute atomic E-state index is 14.4. The van der Waals surface area contributed by atoms with Gasteiger partial charge in [-0.2, -0.15) is 0 Å². The molecular formula is C35H28FN3O7S2. The lowest BCUT2D eigenvalue weighted by Crippen LogP contribution is -2.29. The molecule has 1 aliphatic heterocycles. The first-order valence-corrected chi connectivity index (χ1v) is 16.2. The highest BCUT2D eigenvalue weighted by Gasteiger charge is 2.48. The van der Waals surface area contributed by atoms with Crippen molar-refractivity contribution in [2.75, 3.05) is 12.0 Å². The summed E-state index contributed by atoms with van der Waals surface area (Å²) >= 11 is 2.59. The average molecular weight is 686 g/mol. The van der Waals surface area contributed by atoms with E-state index in [2.05, 4.69) is 16.3 Å². The van der Waals surface area contributed by atoms with Crippen molar-refractivity contribution in [3.05, 3.63) is 124 Å². The SMILES string of the molecule is CC(=O)O.COC(=O)c1ccc(C2C(=C(O)c3ccc(C)c(F)c3)C(=O)C(=O)N2c2nnc(SCc3cccc4ccccc34)s2)cc1. The highest BCUT2D eigenvalue weighted by molar-refractivity contribution is 8.00. The van der Waals surface area contributed by atoms with Gasteiger partial charge < -0.3 is 14.9 Å². The van der Waals surface area contributed by atoms with E-state index in [0.717, 1.165) is 40.7 Å². The minimum atomic E-state index is -1.12. The number of esters is 1. The topological polar surface area (TPSA) is 147 Å². The Morgan fingerprint density at radius 3 is 2.31 bits per heavy atom. The largest absolute Gasteiger partial charge is 0.507 e. The molecule has 1 atom stereocenters. The first-order chi connectivity index (χ1) is 23.0. The van der Waals surface area contributed by atoms with Crippen molar-refractivity contribution >= 4 is 68.4 Å². The highest BCUT2D eigenvalue weighted by atomic mass is 32.2. The monoisotopic (exact) mass is 685 g/mol. The number of hydrogen-bond donors (Lipinski definition) is 2. The number of carboxylic acids is 1. The van der Waals surface area contributed by atoms with Crippen LogP contribution in [0.5, 0.6) is 0 Å². The number of carbonyl (C=O) groups excluding carboxylic acids is 3. The summed E-state index contributed by atoms with van der Waals surface area (Å²) in [7, 11) is 1.26. The number of aliphatic hydroxyl groups is 1. The van der Waals surface area contributed by atoms with Crippen molar-refractivity contribution in [3.8, 4) is 0 Å². The van der Waals surface area contributed by atoms with Gasteiger partial charge in [0.25, 0.3) is 11.8 Å². The second kappa shape index (κ2) is 14.6. The third kappa shape index (κ3) is 7.11. The number of rotatable bonds is 7. The summed E-state index contributed by atoms with van der Waals surface area (Å²) in [5.41, 5.74) is 1.97. The molecule has 48 heavy (non-hydrogen) atoms. The number of halogens is 1. The Balaban J connectivity index is 0.00000107. The lowest BCUT2D eigenvalue weighted by Gasteiger charge is -2.22. The molecule has 0 radical (unpaired) electrons. The van der Waals surface area contributed by atoms with Gasteiger partial charge in [0.15, 0.2) is 4.34 Å². The number of amides is 1. The van der Waals surface area contributed by atoms with Crippen LogP contribution in [0.3, 0.4) is 0 Å². The Morgan fingerprint density at radius 1 is 0.958 bits per heavy atom. The van der Waals surface area contributed by atoms with Crippen LogP contribution in [0.15, 0.2) is 94.8 Å². The lowest BCUT2D eigenvalue weighted by atomic mass is 9.94. The fraction of sp³-hybridized carbons (Fsp3) is 0.143. The number of aliphatic carboxylic acids is 1. The van der Waals surface area contributed by atoms with Crippen LogP contribution in [0.25, 0.3) is 16.5 Å². The second-order valence-corrected chi connectivity index (χ2v) is 12.7. The van der Waals surface area contributed by atoms with Gasteiger partial charge in [-0.15, -0.1) is 10.2 Å². The number of hydrogen-bond acceptors (Lipinski definition) is 10. The van der Waals surface area contributed by atoms with E-state index in [4.69, 9.17) is 14.6 Å². The summed E-state index contributed by atoms with van der Waals surface area (Å²) in [6.07, 6.45) is 0. The Morgan fingerprint density at radius 2 is 1.62 bits per heavy atom. The number of carboxylic acid groups (broad SMARTS) is 1. The van der Waals surface area contributed by atoms with E-state index in [1.165, 1.54) is 48.0 Å². The molecule has 1 fully saturated rings. The molecule has 1 aromatic heterocycles. The molecular weight excluding hydrogens is 658 g/mol. The van der Waals surface area contributed by atoms with Crippen molar-refractivity contribution in [2.45, 2.75) is 30.0 Å². The van der Waals surface area contributed by atoms with Crippen molar-refractivity contribution in [3.63, 3.8) is 0 Å². The normalized spacial score (nSPS) is 15.2. The van der Waals surface area contributed by atoms with Gasteiger partial charge in [-0.25, -0.2) is 9.18 Å². The van der Waals surface area contributed by atoms with Crippen LogP contribution < -0.4 is 4.90 Å². The van der Waals surface area contributed by atoms with E-state index in [9.17, 15) is 23.9 Å². The summed E-state index contributed by atoms with van der Waals surface area (Å²) in [4.78, 5) is 49.2. The van der Waals surface area contributed by atoms with Gasteiger partial charge in [-0.05, 0) is 52.6 Å². The molecule has 5 aromatic rings. The number of anilines is 1. The number of ketones is 1. The molecule has 2 heterocycles. The fourth-order valence-corrected chi connectivity index (χ4v) is 6.95. The molecule has 0 spiro atoms. The third-order valence-corrected chi connectivity index (χ3v) is 9.47. The molecule has 4 aromatic carbocycles. The van der Waals surface area contributed by atoms with Crippen molar-refractivity contribution in [2.24, 2.45) is 0 Å². The van der Waals surface area contributed by atoms with Gasteiger partial charge in [0.1, 0.15) is 11.6 Å². The summed E-state index contributed by atoms with van der Waals surface area (Å²) in [5.74, 6) is -3.75. The molecule has 2 N–H and O–H groups in total. The Labute approximate surface area is 282 Å². The number of aryl methyl sites for hydroxylation is 1. The molecule has 1 unspecified atom stereocenters. The zero-order chi connectivity index (χ0) is 34.5. The summed E-state index contributed by atoms with van der Waals surface area (Å²) in [5, 5.41) is 29.7. The molecule has 0 aliphatic carbocycles. The average Bonchev–Trinajstić information content (AvgIpc) is 3.65. The van der Waals surface area contributed by atoms with E-state index in [-0.39, 0.29) is 21.8 Å². The predicted molar refractivity (Wildman–Crippen MR) is 180 cm³/mol. The molecule has 1 amide bonds. The summed E-state index contributed by atoms with van der Waals surface area (Å²) < 4.78 is 19.8. The standard InChI is InChI=1S/C33H24FN3O5S2.C2H4O2/c1-18-10-11-22(16-25(18)34)28(38)26-27(20-12-14-21(15-13-20)31(41)42-2)37(30(40)29(26)39)32-35-36-33(44-32)43-17-23-8-5-7-19-6-3-4-9-24(19)23;1-2(3)4/h3-16,27,38H,17H2,1-2H3;1H3,(H,3,4). The van der Waals surface area contributed by atoms with Crippen molar-refractivity contribution in [1.82, 2.24) is 10.2 Å². The van der Waals surface area contributed by atoms with E-state index in [1.807, 2.05) is 36.4 Å². The van der Waals surface area contributed by atoms with E-state index in [0.29, 0.717) is 21.2 Å². The number of thioether (sulfide) groups is 1. The quantitative estimate of drug-likeness (QED) is 0.0461. The minimum absolute atomic E-state index is 0.0471. The second-order valence-electron chi connectivity index (χ2n) is 10.5. The number of aliphatic hydroxyl groups excluding tert-OH is 1. The number of nitrogens with zero attached hydrogens (tertiary/aromatic N) is 3. The zero-order valence-electron chi connectivity index (χ0n) is 25.8. The lowest BCUT2D eigenvalue weighted by molar-refractivity contribution is -0.134. The number of ether oxygens (including phenoxy) is 1. The smallest absolute Gasteiger partial charge is 0.337 e. The Bertz CT molecular complexity index is 2070. The number of Topliss-reactive ketones (excluding diaryl/α,β-unsaturated/α-hetero) is 1. The number of benzene rings is 4. The van der Waals surface area contributed by atoms with Crippen LogP contribution in [0.4, 0.5) is 9.52 Å². The number of methoxy groups -OCH3 is 1. The molecule has 6 rings (SSSR count). The number of fused-ring (bicyclic) bond motifs is 1. The van der Waals surface area contributed by atoms with Gasteiger partial charge >= 0.3 is 11.9 Å². The van der Waals surface area contributed by atoms with Crippen LogP contribution in [0.1, 0.15) is 45.6 Å². The number of aromatic nitrogens is 2. The van der Waals surface area contributed by atoms with Gasteiger partial charge in [0.2, 0.25) is 5.13 Å². The predicted octanol–water partition coefficient (Wildman–Crippen LogP) is 6.93. The highest BCUT2D eigenvalue weighted by Crippen LogP contribution is 2.44. The number of carbonyl (C=O) groups is 4. The zero-order valence-corrected chi connectivity index (χ0v) is 27.5. The van der Waals surface area contributed by atoms with Crippen LogP contribution >= 0.6 is 23.1 Å². The van der Waals surface area contributed by atoms with Gasteiger partial charge in [0, 0.05) is 18.2 Å². The minimum Gasteiger partial charge on any atom is -0.507 e. The third-order valence-electron chi connectivity index (χ3n) is 7.37. The summed E-state index contributed by atoms with van der Waals surface area (Å²) in [6, 6.07) is 23.2. The van der Waals surface area contributed by atoms with E-state index >= 15 is 0 Å². The molecule has 0 saturated carbocycles. The van der Waals surface area contributed by atoms with Crippen LogP contribution in [-0.2, 0) is 24.9 Å². The van der Waals surface area contributed by atoms with Crippen LogP contribution in [0.2, 0.25) is 0 Å². The Kier molecular flexibility index (Phi) is 10.3. The first-order valence-electron chi connectivity index (χ1n) is 14.4. The van der Waals surface area contributed by atoms with Gasteiger partial charge in [-0.1, -0.05) is 89.8 Å². The van der Waals surface area contributed by atoms with Gasteiger partial charge in [-0.3, -0.25) is 19.3 Å². The fourth-order valence-electron chi connectivity index (χ4n) is 5.08. The molecule has 13 heteroatoms. The molecule has 0 bridgehead atoms. The van der Waals surface area contributed by atoms with E-state index in [1.54, 1.807) is 19.1 Å².